The summed E-state index contributed by atoms with van der Waals surface area (Å²) in [6.45, 7) is 3.46. The first-order valence-electron chi connectivity index (χ1n) is 10.9. The number of hydrogen-bond acceptors (Lipinski definition) is 10. The fourth-order valence-corrected chi connectivity index (χ4v) is 3.70. The second-order valence-electron chi connectivity index (χ2n) is 8.13. The molecule has 0 bridgehead atoms. The molecule has 0 unspecified atom stereocenters. The van der Waals surface area contributed by atoms with Crippen LogP contribution in [0.2, 0.25) is 0 Å². The van der Waals surface area contributed by atoms with Gasteiger partial charge >= 0.3 is 0 Å². The second kappa shape index (κ2) is 12.6. The van der Waals surface area contributed by atoms with Crippen molar-refractivity contribution in [3.05, 3.63) is 0 Å². The molecular formula is C20H38O10. The van der Waals surface area contributed by atoms with E-state index in [9.17, 15) is 30.6 Å². The Kier molecular flexibility index (Phi) is 10.9. The normalized spacial score (nSPS) is 42.4. The van der Waals surface area contributed by atoms with Crippen LogP contribution in [0.5, 0.6) is 0 Å². The van der Waals surface area contributed by atoms with Gasteiger partial charge in [-0.15, -0.1) is 0 Å². The first kappa shape index (κ1) is 25.9. The van der Waals surface area contributed by atoms with Crippen LogP contribution in [0.15, 0.2) is 0 Å². The predicted octanol–water partition coefficient (Wildman–Crippen LogP) is -0.985. The summed E-state index contributed by atoms with van der Waals surface area (Å²) in [5, 5.41) is 60.1. The lowest BCUT2D eigenvalue weighted by atomic mass is 9.97. The van der Waals surface area contributed by atoms with Crippen LogP contribution in [-0.2, 0) is 18.9 Å². The molecule has 0 spiro atoms. The highest BCUT2D eigenvalue weighted by Crippen LogP contribution is 2.29. The Hall–Kier alpha value is -0.400. The van der Waals surface area contributed by atoms with Gasteiger partial charge in [-0.1, -0.05) is 39.0 Å². The molecule has 0 amide bonds. The maximum atomic E-state index is 10.5. The molecule has 2 heterocycles. The zero-order chi connectivity index (χ0) is 22.3. The second-order valence-corrected chi connectivity index (χ2v) is 8.13. The summed E-state index contributed by atoms with van der Waals surface area (Å²) >= 11 is 0. The smallest absolute Gasteiger partial charge is 0.187 e. The minimum atomic E-state index is -1.57. The fourth-order valence-electron chi connectivity index (χ4n) is 3.70. The minimum absolute atomic E-state index is 0.323. The molecule has 0 aromatic carbocycles. The molecule has 2 saturated heterocycles. The van der Waals surface area contributed by atoms with E-state index >= 15 is 0 Å². The lowest BCUT2D eigenvalue weighted by Crippen LogP contribution is -2.64. The Morgan fingerprint density at radius 1 is 0.733 bits per heavy atom. The van der Waals surface area contributed by atoms with E-state index in [2.05, 4.69) is 6.92 Å². The quantitative estimate of drug-likeness (QED) is 0.221. The molecule has 6 N–H and O–H groups in total. The van der Waals surface area contributed by atoms with Gasteiger partial charge in [-0.05, 0) is 13.3 Å². The van der Waals surface area contributed by atoms with Crippen LogP contribution in [0.4, 0.5) is 0 Å². The van der Waals surface area contributed by atoms with Gasteiger partial charge in [0, 0.05) is 6.61 Å². The van der Waals surface area contributed by atoms with Crippen molar-refractivity contribution in [2.24, 2.45) is 0 Å². The zero-order valence-corrected chi connectivity index (χ0v) is 17.7. The Bertz CT molecular complexity index is 481. The molecule has 2 aliphatic rings. The molecule has 0 aromatic heterocycles. The van der Waals surface area contributed by atoms with Crippen molar-refractivity contribution in [2.45, 2.75) is 114 Å². The molecule has 0 saturated carbocycles. The Morgan fingerprint density at radius 3 is 2.07 bits per heavy atom. The molecule has 178 valence electrons. The average molecular weight is 439 g/mol. The van der Waals surface area contributed by atoms with E-state index in [1.165, 1.54) is 13.3 Å². The molecular weight excluding hydrogens is 400 g/mol. The van der Waals surface area contributed by atoms with E-state index in [1.54, 1.807) is 0 Å². The van der Waals surface area contributed by atoms with Crippen LogP contribution in [-0.4, -0.2) is 105 Å². The monoisotopic (exact) mass is 438 g/mol. The van der Waals surface area contributed by atoms with Crippen LogP contribution in [0.1, 0.15) is 52.4 Å². The highest BCUT2D eigenvalue weighted by molar-refractivity contribution is 4.93. The van der Waals surface area contributed by atoms with Crippen LogP contribution in [0, 0.1) is 0 Å². The van der Waals surface area contributed by atoms with Gasteiger partial charge in [0.15, 0.2) is 12.6 Å². The van der Waals surface area contributed by atoms with Gasteiger partial charge in [0.2, 0.25) is 0 Å². The number of ether oxygens (including phenoxy) is 4. The van der Waals surface area contributed by atoms with Crippen molar-refractivity contribution < 1.29 is 49.6 Å². The van der Waals surface area contributed by atoms with Crippen molar-refractivity contribution >= 4 is 0 Å². The fraction of sp³-hybridized carbons (Fsp3) is 1.00. The average Bonchev–Trinajstić information content (AvgIpc) is 2.74. The van der Waals surface area contributed by atoms with E-state index in [1.807, 2.05) is 0 Å². The van der Waals surface area contributed by atoms with Crippen LogP contribution >= 0.6 is 0 Å². The lowest BCUT2D eigenvalue weighted by molar-refractivity contribution is -0.364. The third-order valence-corrected chi connectivity index (χ3v) is 5.70. The van der Waals surface area contributed by atoms with Gasteiger partial charge in [0.25, 0.3) is 0 Å². The number of aliphatic hydroxyl groups excluding tert-OH is 6. The highest BCUT2D eigenvalue weighted by atomic mass is 16.8. The lowest BCUT2D eigenvalue weighted by Gasteiger charge is -2.45. The van der Waals surface area contributed by atoms with E-state index in [4.69, 9.17) is 18.9 Å². The zero-order valence-electron chi connectivity index (χ0n) is 17.7. The molecule has 10 atom stereocenters. The van der Waals surface area contributed by atoms with Crippen molar-refractivity contribution in [1.29, 1.82) is 0 Å². The first-order valence-corrected chi connectivity index (χ1v) is 10.9. The third-order valence-electron chi connectivity index (χ3n) is 5.70. The van der Waals surface area contributed by atoms with E-state index in [-0.39, 0.29) is 0 Å². The molecule has 2 rings (SSSR count). The van der Waals surface area contributed by atoms with E-state index in [0.717, 1.165) is 32.1 Å². The molecule has 30 heavy (non-hydrogen) atoms. The molecule has 10 nitrogen and oxygen atoms in total. The van der Waals surface area contributed by atoms with Crippen LogP contribution in [0.25, 0.3) is 0 Å². The van der Waals surface area contributed by atoms with Gasteiger partial charge in [-0.2, -0.15) is 0 Å². The van der Waals surface area contributed by atoms with E-state index in [0.29, 0.717) is 6.61 Å². The van der Waals surface area contributed by atoms with E-state index < -0.39 is 68.0 Å². The Labute approximate surface area is 177 Å². The first-order chi connectivity index (χ1) is 14.3. The molecule has 0 radical (unpaired) electrons. The van der Waals surface area contributed by atoms with Crippen molar-refractivity contribution in [2.75, 3.05) is 13.2 Å². The summed E-state index contributed by atoms with van der Waals surface area (Å²) in [5.74, 6) is 0. The molecule has 0 aliphatic carbocycles. The van der Waals surface area contributed by atoms with Crippen molar-refractivity contribution in [1.82, 2.24) is 0 Å². The van der Waals surface area contributed by atoms with Gasteiger partial charge in [0.1, 0.15) is 42.7 Å². The van der Waals surface area contributed by atoms with Gasteiger partial charge in [-0.3, -0.25) is 0 Å². The number of rotatable bonds is 11. The summed E-state index contributed by atoms with van der Waals surface area (Å²) in [4.78, 5) is 0. The SMILES string of the molecule is CCCCCCCCO[C@@H]1O[C@H](CO)[C@@H](O)[C@H](O)[C@H]1O[C@@H]1O[C@@H](C)[C@@H](O)[C@@H](O)[C@@H]1O. The number of unbranched alkanes of at least 4 members (excludes halogenated alkanes) is 5. The number of hydrogen-bond donors (Lipinski definition) is 6. The Balaban J connectivity index is 1.97. The third kappa shape index (κ3) is 6.55. The molecule has 2 fully saturated rings. The minimum Gasteiger partial charge on any atom is -0.394 e. The van der Waals surface area contributed by atoms with Gasteiger partial charge < -0.3 is 49.6 Å². The summed E-state index contributed by atoms with van der Waals surface area (Å²) < 4.78 is 22.4. The van der Waals surface area contributed by atoms with Crippen LogP contribution in [0.3, 0.4) is 0 Å². The molecule has 0 aromatic rings. The predicted molar refractivity (Wildman–Crippen MR) is 104 cm³/mol. The maximum Gasteiger partial charge on any atom is 0.187 e. The molecule has 10 heteroatoms. The van der Waals surface area contributed by atoms with Crippen LogP contribution < -0.4 is 0 Å². The van der Waals surface area contributed by atoms with Gasteiger partial charge in [0.05, 0.1) is 12.7 Å². The summed E-state index contributed by atoms with van der Waals surface area (Å²) in [5.41, 5.74) is 0. The number of aliphatic hydroxyl groups is 6. The largest absolute Gasteiger partial charge is 0.394 e. The summed E-state index contributed by atoms with van der Waals surface area (Å²) in [6, 6.07) is 0. The summed E-state index contributed by atoms with van der Waals surface area (Å²) in [7, 11) is 0. The molecule has 2 aliphatic heterocycles. The summed E-state index contributed by atoms with van der Waals surface area (Å²) in [6.07, 6.45) is -6.59. The maximum absolute atomic E-state index is 10.5. The van der Waals surface area contributed by atoms with Crippen molar-refractivity contribution in [3.8, 4) is 0 Å². The van der Waals surface area contributed by atoms with Gasteiger partial charge in [-0.25, -0.2) is 0 Å². The highest BCUT2D eigenvalue weighted by Gasteiger charge is 2.50. The Morgan fingerprint density at radius 2 is 1.40 bits per heavy atom. The van der Waals surface area contributed by atoms with Crippen molar-refractivity contribution in [3.63, 3.8) is 0 Å². The topological polar surface area (TPSA) is 158 Å². The standard InChI is InChI=1S/C20H38O10/c1-3-4-5-6-7-8-9-27-20-18(16(25)14(23)12(10-21)29-20)30-19-17(26)15(24)13(22)11(2)28-19/h11-26H,3-10H2,1-2H3/t11-,12+,13+,14+,15+,16-,17-,18+,19-,20+/m0/s1.